The van der Waals surface area contributed by atoms with Crippen LogP contribution in [0.4, 0.5) is 8.78 Å². The minimum Gasteiger partial charge on any atom is -0.352 e. The van der Waals surface area contributed by atoms with Gasteiger partial charge < -0.3 is 5.32 Å². The van der Waals surface area contributed by atoms with E-state index in [1.807, 2.05) is 0 Å². The summed E-state index contributed by atoms with van der Waals surface area (Å²) in [5, 5.41) is 2.63. The Labute approximate surface area is 119 Å². The number of aryl methyl sites for hydroxylation is 1. The summed E-state index contributed by atoms with van der Waals surface area (Å²) in [7, 11) is 0. The first-order valence-corrected chi connectivity index (χ1v) is 7.29. The smallest absolute Gasteiger partial charge is 0.257 e. The molecule has 104 valence electrons. The lowest BCUT2D eigenvalue weighted by molar-refractivity contribution is 0.0939. The van der Waals surface area contributed by atoms with Crippen molar-refractivity contribution < 1.29 is 13.6 Å². The summed E-state index contributed by atoms with van der Waals surface area (Å²) in [6.45, 7) is 1.96. The van der Waals surface area contributed by atoms with Crippen molar-refractivity contribution >= 4 is 21.8 Å². The van der Waals surface area contributed by atoms with Crippen LogP contribution in [0.15, 0.2) is 12.1 Å². The summed E-state index contributed by atoms with van der Waals surface area (Å²) in [5.74, 6) is -1.94. The second-order valence-electron chi connectivity index (χ2n) is 4.97. The Balaban J connectivity index is 2.06. The zero-order chi connectivity index (χ0) is 14.0. The molecule has 5 heteroatoms. The number of benzene rings is 1. The number of hydrogen-bond donors (Lipinski definition) is 1. The molecule has 0 heterocycles. The number of carbonyl (C=O) groups is 1. The molecular formula is C14H16BrF2NO. The van der Waals surface area contributed by atoms with Crippen LogP contribution in [0.25, 0.3) is 0 Å². The molecule has 1 aromatic carbocycles. The third-order valence-corrected chi connectivity index (χ3v) is 4.81. The Morgan fingerprint density at radius 2 is 2.16 bits per heavy atom. The molecule has 1 amide bonds. The van der Waals surface area contributed by atoms with Gasteiger partial charge in [0, 0.05) is 11.4 Å². The zero-order valence-corrected chi connectivity index (χ0v) is 12.3. The molecule has 1 aromatic rings. The van der Waals surface area contributed by atoms with Crippen molar-refractivity contribution in [1.82, 2.24) is 5.32 Å². The molecule has 0 aliphatic heterocycles. The zero-order valence-electron chi connectivity index (χ0n) is 10.7. The van der Waals surface area contributed by atoms with Gasteiger partial charge in [-0.2, -0.15) is 0 Å². The van der Waals surface area contributed by atoms with Crippen LogP contribution in [-0.2, 0) is 0 Å². The van der Waals surface area contributed by atoms with Gasteiger partial charge in [-0.3, -0.25) is 4.79 Å². The van der Waals surface area contributed by atoms with Crippen molar-refractivity contribution in [2.24, 2.45) is 5.92 Å². The number of halogens is 3. The fourth-order valence-corrected chi connectivity index (χ4v) is 3.17. The molecule has 0 spiro atoms. The van der Waals surface area contributed by atoms with Crippen LogP contribution in [0.2, 0.25) is 0 Å². The molecule has 2 rings (SSSR count). The molecular weight excluding hydrogens is 316 g/mol. The highest BCUT2D eigenvalue weighted by Gasteiger charge is 2.26. The largest absolute Gasteiger partial charge is 0.352 e. The average Bonchev–Trinajstić information content (AvgIpc) is 2.77. The minimum atomic E-state index is -0.817. The van der Waals surface area contributed by atoms with Crippen LogP contribution >= 0.6 is 15.9 Å². The summed E-state index contributed by atoms with van der Waals surface area (Å²) in [6.07, 6.45) is 3.21. The Morgan fingerprint density at radius 1 is 1.42 bits per heavy atom. The number of hydrogen-bond acceptors (Lipinski definition) is 1. The van der Waals surface area contributed by atoms with Crippen LogP contribution < -0.4 is 5.32 Å². The van der Waals surface area contributed by atoms with Gasteiger partial charge in [0.2, 0.25) is 0 Å². The van der Waals surface area contributed by atoms with Crippen molar-refractivity contribution in [2.45, 2.75) is 31.0 Å². The van der Waals surface area contributed by atoms with E-state index in [2.05, 4.69) is 21.2 Å². The maximum atomic E-state index is 13.8. The summed E-state index contributed by atoms with van der Waals surface area (Å²) in [5.41, 5.74) is -0.213. The van der Waals surface area contributed by atoms with E-state index in [-0.39, 0.29) is 5.56 Å². The molecule has 2 atom stereocenters. The number of carbonyl (C=O) groups excluding carboxylic acids is 1. The number of alkyl halides is 1. The maximum Gasteiger partial charge on any atom is 0.257 e. The van der Waals surface area contributed by atoms with Crippen molar-refractivity contribution in [3.05, 3.63) is 34.9 Å². The fourth-order valence-electron chi connectivity index (χ4n) is 2.40. The highest BCUT2D eigenvalue weighted by Crippen LogP contribution is 2.31. The Kier molecular flexibility index (Phi) is 4.55. The summed E-state index contributed by atoms with van der Waals surface area (Å²) in [4.78, 5) is 12.3. The van der Waals surface area contributed by atoms with E-state index in [9.17, 15) is 13.6 Å². The third-order valence-electron chi connectivity index (χ3n) is 3.60. The van der Waals surface area contributed by atoms with E-state index >= 15 is 0 Å². The van der Waals surface area contributed by atoms with Crippen molar-refractivity contribution in [1.29, 1.82) is 0 Å². The molecule has 1 saturated carbocycles. The van der Waals surface area contributed by atoms with E-state index in [1.165, 1.54) is 13.0 Å². The van der Waals surface area contributed by atoms with E-state index in [4.69, 9.17) is 0 Å². The van der Waals surface area contributed by atoms with Gasteiger partial charge in [0.05, 0.1) is 0 Å². The van der Waals surface area contributed by atoms with Crippen LogP contribution in [0, 0.1) is 24.5 Å². The molecule has 1 N–H and O–H groups in total. The van der Waals surface area contributed by atoms with E-state index in [0.29, 0.717) is 17.3 Å². The molecule has 0 saturated heterocycles. The summed E-state index contributed by atoms with van der Waals surface area (Å²) < 4.78 is 27.3. The Hall–Kier alpha value is -0.970. The van der Waals surface area contributed by atoms with Gasteiger partial charge in [0.25, 0.3) is 5.91 Å². The first-order chi connectivity index (χ1) is 9.00. The van der Waals surface area contributed by atoms with Gasteiger partial charge in [0.1, 0.15) is 17.2 Å². The standard InChI is InChI=1S/C14H16BrF2NO/c1-8-5-6-11(16)12(13(8)17)14(19)18-7-9-3-2-4-10(9)15/h5-6,9-10H,2-4,7H2,1H3,(H,18,19). The molecule has 1 aliphatic rings. The molecule has 0 radical (unpaired) electrons. The second kappa shape index (κ2) is 5.99. The van der Waals surface area contributed by atoms with Gasteiger partial charge in [-0.15, -0.1) is 0 Å². The Bertz CT molecular complexity index is 493. The lowest BCUT2D eigenvalue weighted by atomic mass is 10.1. The van der Waals surface area contributed by atoms with Crippen LogP contribution in [-0.4, -0.2) is 17.3 Å². The first-order valence-electron chi connectivity index (χ1n) is 6.37. The predicted molar refractivity (Wildman–Crippen MR) is 73.5 cm³/mol. The van der Waals surface area contributed by atoms with Gasteiger partial charge in [0.15, 0.2) is 0 Å². The van der Waals surface area contributed by atoms with E-state index in [1.54, 1.807) is 0 Å². The topological polar surface area (TPSA) is 29.1 Å². The fraction of sp³-hybridized carbons (Fsp3) is 0.500. The normalized spacial score (nSPS) is 22.5. The van der Waals surface area contributed by atoms with E-state index < -0.39 is 23.1 Å². The lowest BCUT2D eigenvalue weighted by Gasteiger charge is -2.15. The predicted octanol–water partition coefficient (Wildman–Crippen LogP) is 3.57. The molecule has 1 aliphatic carbocycles. The third kappa shape index (κ3) is 3.14. The van der Waals surface area contributed by atoms with Crippen LogP contribution in [0.5, 0.6) is 0 Å². The van der Waals surface area contributed by atoms with Crippen LogP contribution in [0.3, 0.4) is 0 Å². The first kappa shape index (κ1) is 14.4. The highest BCUT2D eigenvalue weighted by molar-refractivity contribution is 9.09. The molecule has 0 aromatic heterocycles. The number of amides is 1. The highest BCUT2D eigenvalue weighted by atomic mass is 79.9. The van der Waals surface area contributed by atoms with Crippen molar-refractivity contribution in [3.8, 4) is 0 Å². The average molecular weight is 332 g/mol. The van der Waals surface area contributed by atoms with Crippen molar-refractivity contribution in [3.63, 3.8) is 0 Å². The Morgan fingerprint density at radius 3 is 2.79 bits per heavy atom. The maximum absolute atomic E-state index is 13.8. The van der Waals surface area contributed by atoms with Gasteiger partial charge in [-0.1, -0.05) is 28.4 Å². The molecule has 2 nitrogen and oxygen atoms in total. The molecule has 0 bridgehead atoms. The summed E-state index contributed by atoms with van der Waals surface area (Å²) >= 11 is 3.55. The van der Waals surface area contributed by atoms with E-state index in [0.717, 1.165) is 25.3 Å². The number of nitrogens with one attached hydrogen (secondary N) is 1. The SMILES string of the molecule is Cc1ccc(F)c(C(=O)NCC2CCCC2Br)c1F. The molecule has 19 heavy (non-hydrogen) atoms. The molecule has 1 fully saturated rings. The minimum absolute atomic E-state index is 0.269. The van der Waals surface area contributed by atoms with Gasteiger partial charge in [-0.25, -0.2) is 8.78 Å². The van der Waals surface area contributed by atoms with Gasteiger partial charge in [-0.05, 0) is 37.3 Å². The van der Waals surface area contributed by atoms with Gasteiger partial charge >= 0.3 is 0 Å². The molecule has 2 unspecified atom stereocenters. The van der Waals surface area contributed by atoms with Crippen molar-refractivity contribution in [2.75, 3.05) is 6.54 Å². The van der Waals surface area contributed by atoms with Crippen LogP contribution in [0.1, 0.15) is 35.2 Å². The monoisotopic (exact) mass is 331 g/mol. The second-order valence-corrected chi connectivity index (χ2v) is 6.15. The number of rotatable bonds is 3. The summed E-state index contributed by atoms with van der Waals surface area (Å²) in [6, 6.07) is 2.45. The lowest BCUT2D eigenvalue weighted by Crippen LogP contribution is -2.32. The quantitative estimate of drug-likeness (QED) is 0.843.